The Bertz CT molecular complexity index is 946. The SMILES string of the molecule is Cc1noc(C)c1-c1cc(CC2CCCN(C(=O)CCn3ccnc3)C2)ncn1. The summed E-state index contributed by atoms with van der Waals surface area (Å²) in [7, 11) is 0. The summed E-state index contributed by atoms with van der Waals surface area (Å²) in [6.07, 6.45) is 10.5. The fourth-order valence-corrected chi connectivity index (χ4v) is 4.05. The highest BCUT2D eigenvalue weighted by molar-refractivity contribution is 5.76. The maximum Gasteiger partial charge on any atom is 0.224 e. The van der Waals surface area contributed by atoms with Crippen molar-refractivity contribution in [1.82, 2.24) is 29.6 Å². The Kier molecular flexibility index (Phi) is 5.69. The summed E-state index contributed by atoms with van der Waals surface area (Å²) < 4.78 is 7.21. The van der Waals surface area contributed by atoms with Gasteiger partial charge in [-0.1, -0.05) is 5.16 Å². The Hall–Kier alpha value is -3.03. The van der Waals surface area contributed by atoms with Gasteiger partial charge in [0.1, 0.15) is 12.1 Å². The third-order valence-corrected chi connectivity index (χ3v) is 5.53. The van der Waals surface area contributed by atoms with Crippen LogP contribution in [0.15, 0.2) is 35.6 Å². The molecule has 152 valence electrons. The number of carbonyl (C=O) groups is 1. The number of carbonyl (C=O) groups excluding carboxylic acids is 1. The molecule has 1 aliphatic heterocycles. The number of amides is 1. The molecule has 3 aromatic heterocycles. The van der Waals surface area contributed by atoms with Crippen LogP contribution in [-0.4, -0.2) is 48.6 Å². The number of hydrogen-bond acceptors (Lipinski definition) is 6. The van der Waals surface area contributed by atoms with Crippen molar-refractivity contribution in [3.8, 4) is 11.3 Å². The predicted molar refractivity (Wildman–Crippen MR) is 107 cm³/mol. The van der Waals surface area contributed by atoms with Gasteiger partial charge in [0, 0.05) is 44.1 Å². The average molecular weight is 394 g/mol. The molecule has 1 aliphatic rings. The predicted octanol–water partition coefficient (Wildman–Crippen LogP) is 2.82. The van der Waals surface area contributed by atoms with Crippen LogP contribution < -0.4 is 0 Å². The molecule has 29 heavy (non-hydrogen) atoms. The molecule has 0 saturated carbocycles. The van der Waals surface area contributed by atoms with Crippen LogP contribution in [0.1, 0.15) is 36.4 Å². The first-order valence-electron chi connectivity index (χ1n) is 10.1. The lowest BCUT2D eigenvalue weighted by molar-refractivity contribution is -0.133. The van der Waals surface area contributed by atoms with Crippen LogP contribution in [0, 0.1) is 19.8 Å². The van der Waals surface area contributed by atoms with Gasteiger partial charge in [0.15, 0.2) is 0 Å². The number of hydrogen-bond donors (Lipinski definition) is 0. The first-order chi connectivity index (χ1) is 14.1. The fraction of sp³-hybridized carbons (Fsp3) is 0.476. The van der Waals surface area contributed by atoms with E-state index in [0.717, 1.165) is 60.8 Å². The van der Waals surface area contributed by atoms with Crippen molar-refractivity contribution in [3.05, 3.63) is 48.3 Å². The summed E-state index contributed by atoms with van der Waals surface area (Å²) in [6.45, 7) is 6.11. The van der Waals surface area contributed by atoms with E-state index in [1.54, 1.807) is 18.9 Å². The molecular formula is C21H26N6O2. The molecule has 0 radical (unpaired) electrons. The minimum absolute atomic E-state index is 0.211. The van der Waals surface area contributed by atoms with Crippen molar-refractivity contribution < 1.29 is 9.32 Å². The monoisotopic (exact) mass is 394 g/mol. The Morgan fingerprint density at radius 3 is 2.97 bits per heavy atom. The van der Waals surface area contributed by atoms with Crippen LogP contribution in [0.4, 0.5) is 0 Å². The Labute approximate surface area is 170 Å². The quantitative estimate of drug-likeness (QED) is 0.639. The number of likely N-dealkylation sites (tertiary alicyclic amines) is 1. The zero-order valence-corrected chi connectivity index (χ0v) is 16.9. The Balaban J connectivity index is 1.38. The minimum Gasteiger partial charge on any atom is -0.361 e. The van der Waals surface area contributed by atoms with Gasteiger partial charge in [-0.2, -0.15) is 0 Å². The standard InChI is InChI=1S/C21H26N6O2/c1-15-21(16(2)29-25-15)19-11-18(23-13-24-19)10-17-4-3-7-27(12-17)20(28)5-8-26-9-6-22-14-26/h6,9,11,13-14,17H,3-5,7-8,10,12H2,1-2H3. The van der Waals surface area contributed by atoms with Crippen molar-refractivity contribution in [3.63, 3.8) is 0 Å². The lowest BCUT2D eigenvalue weighted by Crippen LogP contribution is -2.40. The highest BCUT2D eigenvalue weighted by Crippen LogP contribution is 2.26. The molecule has 0 N–H and O–H groups in total. The van der Waals surface area contributed by atoms with Crippen molar-refractivity contribution in [2.24, 2.45) is 5.92 Å². The van der Waals surface area contributed by atoms with Crippen LogP contribution >= 0.6 is 0 Å². The van der Waals surface area contributed by atoms with E-state index in [1.165, 1.54) is 0 Å². The van der Waals surface area contributed by atoms with E-state index in [9.17, 15) is 4.79 Å². The third kappa shape index (κ3) is 4.52. The summed E-state index contributed by atoms with van der Waals surface area (Å²) in [6, 6.07) is 2.02. The number of rotatable bonds is 6. The summed E-state index contributed by atoms with van der Waals surface area (Å²) >= 11 is 0. The molecular weight excluding hydrogens is 368 g/mol. The lowest BCUT2D eigenvalue weighted by Gasteiger charge is -2.33. The summed E-state index contributed by atoms with van der Waals surface area (Å²) in [5, 5.41) is 4.02. The first-order valence-corrected chi connectivity index (χ1v) is 10.1. The van der Waals surface area contributed by atoms with Crippen molar-refractivity contribution >= 4 is 5.91 Å². The molecule has 0 aromatic carbocycles. The number of aromatic nitrogens is 5. The van der Waals surface area contributed by atoms with E-state index >= 15 is 0 Å². The van der Waals surface area contributed by atoms with Crippen molar-refractivity contribution in [2.75, 3.05) is 13.1 Å². The second-order valence-corrected chi connectivity index (χ2v) is 7.70. The van der Waals surface area contributed by atoms with E-state index in [4.69, 9.17) is 4.52 Å². The molecule has 8 heteroatoms. The van der Waals surface area contributed by atoms with E-state index < -0.39 is 0 Å². The van der Waals surface area contributed by atoms with Gasteiger partial charge in [0.25, 0.3) is 0 Å². The Morgan fingerprint density at radius 1 is 1.31 bits per heavy atom. The van der Waals surface area contributed by atoms with Crippen LogP contribution in [-0.2, 0) is 17.8 Å². The molecule has 4 heterocycles. The van der Waals surface area contributed by atoms with Gasteiger partial charge < -0.3 is 14.0 Å². The van der Waals surface area contributed by atoms with Gasteiger partial charge in [-0.15, -0.1) is 0 Å². The van der Waals surface area contributed by atoms with Gasteiger partial charge in [-0.05, 0) is 45.1 Å². The fourth-order valence-electron chi connectivity index (χ4n) is 4.05. The van der Waals surface area contributed by atoms with Gasteiger partial charge in [0.2, 0.25) is 5.91 Å². The average Bonchev–Trinajstić information content (AvgIpc) is 3.36. The number of imidazole rings is 1. The molecule has 0 bridgehead atoms. The third-order valence-electron chi connectivity index (χ3n) is 5.53. The van der Waals surface area contributed by atoms with Crippen LogP contribution in [0.3, 0.4) is 0 Å². The van der Waals surface area contributed by atoms with E-state index in [0.29, 0.717) is 18.9 Å². The smallest absolute Gasteiger partial charge is 0.224 e. The molecule has 1 atom stereocenters. The highest BCUT2D eigenvalue weighted by Gasteiger charge is 2.24. The van der Waals surface area contributed by atoms with Gasteiger partial charge >= 0.3 is 0 Å². The van der Waals surface area contributed by atoms with Crippen molar-refractivity contribution in [2.45, 2.75) is 46.1 Å². The molecule has 0 spiro atoms. The maximum absolute atomic E-state index is 12.6. The van der Waals surface area contributed by atoms with Crippen molar-refractivity contribution in [1.29, 1.82) is 0 Å². The van der Waals surface area contributed by atoms with E-state index in [-0.39, 0.29) is 5.91 Å². The normalized spacial score (nSPS) is 16.9. The lowest BCUT2D eigenvalue weighted by atomic mass is 9.92. The Morgan fingerprint density at radius 2 is 2.21 bits per heavy atom. The molecule has 1 amide bonds. The van der Waals surface area contributed by atoms with Crippen LogP contribution in [0.25, 0.3) is 11.3 Å². The summed E-state index contributed by atoms with van der Waals surface area (Å²) in [4.78, 5) is 27.5. The second kappa shape index (κ2) is 8.55. The van der Waals surface area contributed by atoms with Gasteiger partial charge in [0.05, 0.1) is 23.3 Å². The molecule has 8 nitrogen and oxygen atoms in total. The first kappa shape index (κ1) is 19.3. The van der Waals surface area contributed by atoms with Gasteiger partial charge in [-0.3, -0.25) is 4.79 Å². The summed E-state index contributed by atoms with van der Waals surface area (Å²) in [5.74, 6) is 1.38. The molecule has 0 aliphatic carbocycles. The second-order valence-electron chi connectivity index (χ2n) is 7.70. The van der Waals surface area contributed by atoms with Crippen LogP contribution in [0.5, 0.6) is 0 Å². The zero-order valence-electron chi connectivity index (χ0n) is 16.9. The molecule has 3 aromatic rings. The zero-order chi connectivity index (χ0) is 20.2. The van der Waals surface area contributed by atoms with E-state index in [1.807, 2.05) is 35.6 Å². The minimum atomic E-state index is 0.211. The topological polar surface area (TPSA) is 89.9 Å². The van der Waals surface area contributed by atoms with Crippen LogP contribution in [0.2, 0.25) is 0 Å². The largest absolute Gasteiger partial charge is 0.361 e. The number of nitrogens with zero attached hydrogens (tertiary/aromatic N) is 6. The molecule has 1 saturated heterocycles. The number of piperidine rings is 1. The molecule has 1 unspecified atom stereocenters. The van der Waals surface area contributed by atoms with E-state index in [2.05, 4.69) is 20.1 Å². The van der Waals surface area contributed by atoms with Gasteiger partial charge in [-0.25, -0.2) is 15.0 Å². The molecule has 1 fully saturated rings. The number of aryl methyl sites for hydroxylation is 3. The summed E-state index contributed by atoms with van der Waals surface area (Å²) in [5.41, 5.74) is 3.61. The molecule has 4 rings (SSSR count). The highest BCUT2D eigenvalue weighted by atomic mass is 16.5. The maximum atomic E-state index is 12.6.